The highest BCUT2D eigenvalue weighted by Gasteiger charge is 2.39. The number of fused-ring (bicyclic) bond motifs is 1. The van der Waals surface area contributed by atoms with Crippen molar-refractivity contribution in [1.29, 1.82) is 0 Å². The summed E-state index contributed by atoms with van der Waals surface area (Å²) in [6.45, 7) is 3.93. The van der Waals surface area contributed by atoms with Crippen LogP contribution in [0.4, 0.5) is 4.79 Å². The minimum absolute atomic E-state index is 0.0750. The number of benzene rings is 1. The third-order valence-corrected chi connectivity index (χ3v) is 5.15. The third-order valence-electron chi connectivity index (χ3n) is 5.15. The number of aliphatic hydroxyl groups is 1. The molecule has 0 aromatic heterocycles. The van der Waals surface area contributed by atoms with Crippen molar-refractivity contribution >= 4 is 17.8 Å². The lowest BCUT2D eigenvalue weighted by atomic mass is 9.99. The molecular formula is C19H25N3O6. The van der Waals surface area contributed by atoms with Crippen LogP contribution in [0.15, 0.2) is 18.2 Å². The Hall–Kier alpha value is -2.81. The second-order valence-corrected chi connectivity index (χ2v) is 7.06. The molecule has 0 bridgehead atoms. The molecule has 9 nitrogen and oxygen atoms in total. The Bertz CT molecular complexity index is 768. The lowest BCUT2D eigenvalue weighted by Gasteiger charge is -2.22. The van der Waals surface area contributed by atoms with Crippen LogP contribution < -0.4 is 20.1 Å². The molecule has 3 atom stereocenters. The summed E-state index contributed by atoms with van der Waals surface area (Å²) in [6, 6.07) is 3.37. The molecule has 1 saturated heterocycles. The van der Waals surface area contributed by atoms with Crippen molar-refractivity contribution in [2.75, 3.05) is 13.4 Å². The minimum Gasteiger partial charge on any atom is -0.454 e. The number of imide groups is 1. The molecule has 9 heteroatoms. The molecule has 0 saturated carbocycles. The molecule has 2 heterocycles. The number of aliphatic hydroxyl groups excluding tert-OH is 1. The Morgan fingerprint density at radius 1 is 1.36 bits per heavy atom. The molecule has 4 amide bonds. The monoisotopic (exact) mass is 391 g/mol. The minimum atomic E-state index is -0.919. The quantitative estimate of drug-likeness (QED) is 0.563. The number of amides is 4. The number of carbonyl (C=O) groups is 3. The van der Waals surface area contributed by atoms with Crippen LogP contribution in [0.2, 0.25) is 0 Å². The first kappa shape index (κ1) is 19.9. The third kappa shape index (κ3) is 4.19. The molecule has 0 radical (unpaired) electrons. The fourth-order valence-corrected chi connectivity index (χ4v) is 3.19. The first-order valence-corrected chi connectivity index (χ1v) is 9.33. The average Bonchev–Trinajstić information content (AvgIpc) is 3.25. The molecule has 0 aliphatic carbocycles. The van der Waals surface area contributed by atoms with Crippen LogP contribution in [-0.4, -0.2) is 53.3 Å². The van der Waals surface area contributed by atoms with Crippen LogP contribution in [-0.2, 0) is 16.1 Å². The molecule has 3 unspecified atom stereocenters. The molecule has 0 spiro atoms. The summed E-state index contributed by atoms with van der Waals surface area (Å²) in [5.41, 5.74) is 0.718. The van der Waals surface area contributed by atoms with Crippen molar-refractivity contribution in [2.24, 2.45) is 5.92 Å². The van der Waals surface area contributed by atoms with Crippen molar-refractivity contribution < 1.29 is 29.0 Å². The average molecular weight is 391 g/mol. The number of hydrogen-bond donors (Lipinski definition) is 3. The summed E-state index contributed by atoms with van der Waals surface area (Å²) < 4.78 is 10.6. The van der Waals surface area contributed by atoms with E-state index in [1.807, 2.05) is 13.8 Å². The van der Waals surface area contributed by atoms with Crippen LogP contribution in [0, 0.1) is 5.92 Å². The van der Waals surface area contributed by atoms with Gasteiger partial charge in [-0.15, -0.1) is 0 Å². The number of urea groups is 1. The van der Waals surface area contributed by atoms with Gasteiger partial charge in [0.25, 0.3) is 5.91 Å². The van der Waals surface area contributed by atoms with Gasteiger partial charge in [-0.3, -0.25) is 14.5 Å². The fourth-order valence-electron chi connectivity index (χ4n) is 3.19. The van der Waals surface area contributed by atoms with Gasteiger partial charge in [-0.1, -0.05) is 26.3 Å². The van der Waals surface area contributed by atoms with E-state index in [-0.39, 0.29) is 44.2 Å². The lowest BCUT2D eigenvalue weighted by molar-refractivity contribution is -0.131. The summed E-state index contributed by atoms with van der Waals surface area (Å²) in [4.78, 5) is 38.1. The highest BCUT2D eigenvalue weighted by atomic mass is 16.7. The van der Waals surface area contributed by atoms with Crippen molar-refractivity contribution in [1.82, 2.24) is 15.5 Å². The zero-order valence-corrected chi connectivity index (χ0v) is 15.9. The number of ether oxygens (including phenoxy) is 2. The summed E-state index contributed by atoms with van der Waals surface area (Å²) in [7, 11) is 0. The number of carbonyl (C=O) groups excluding carboxylic acids is 3. The zero-order chi connectivity index (χ0) is 20.3. The van der Waals surface area contributed by atoms with Gasteiger partial charge in [0, 0.05) is 0 Å². The van der Waals surface area contributed by atoms with E-state index in [2.05, 4.69) is 10.6 Å². The Morgan fingerprint density at radius 3 is 2.82 bits per heavy atom. The van der Waals surface area contributed by atoms with Gasteiger partial charge >= 0.3 is 6.03 Å². The standard InChI is InChI=1S/C19H25N3O6/c1-3-11(2)14(9-23)20-17(24)7-13-18(25)22(19(26)21-13)8-12-4-5-15-16(6-12)28-10-27-15/h4-6,11,13-14,23H,3,7-10H2,1-2H3,(H,20,24)(H,21,26). The Balaban J connectivity index is 1.59. The molecule has 2 aliphatic heterocycles. The number of rotatable bonds is 8. The van der Waals surface area contributed by atoms with Gasteiger partial charge in [-0.2, -0.15) is 0 Å². The van der Waals surface area contributed by atoms with Crippen LogP contribution in [0.1, 0.15) is 32.3 Å². The van der Waals surface area contributed by atoms with Crippen molar-refractivity contribution in [2.45, 2.75) is 45.3 Å². The van der Waals surface area contributed by atoms with Gasteiger partial charge in [0.05, 0.1) is 25.6 Å². The first-order chi connectivity index (χ1) is 13.4. The molecule has 3 N–H and O–H groups in total. The smallest absolute Gasteiger partial charge is 0.325 e. The van der Waals surface area contributed by atoms with Gasteiger partial charge < -0.3 is 25.2 Å². The highest BCUT2D eigenvalue weighted by Crippen LogP contribution is 2.33. The fraction of sp³-hybridized carbons (Fsp3) is 0.526. The van der Waals surface area contributed by atoms with Crippen molar-refractivity contribution in [3.8, 4) is 11.5 Å². The number of hydrogen-bond acceptors (Lipinski definition) is 6. The maximum absolute atomic E-state index is 12.6. The van der Waals surface area contributed by atoms with Crippen LogP contribution in [0.5, 0.6) is 11.5 Å². The van der Waals surface area contributed by atoms with Crippen molar-refractivity contribution in [3.05, 3.63) is 23.8 Å². The van der Waals surface area contributed by atoms with Gasteiger partial charge in [0.15, 0.2) is 11.5 Å². The topological polar surface area (TPSA) is 117 Å². The van der Waals surface area contributed by atoms with E-state index in [0.717, 1.165) is 16.9 Å². The maximum Gasteiger partial charge on any atom is 0.325 e. The lowest BCUT2D eigenvalue weighted by Crippen LogP contribution is -2.44. The van der Waals surface area contributed by atoms with E-state index < -0.39 is 18.0 Å². The second kappa shape index (κ2) is 8.47. The highest BCUT2D eigenvalue weighted by molar-refractivity contribution is 6.05. The summed E-state index contributed by atoms with van der Waals surface area (Å²) in [5.74, 6) is 0.450. The Kier molecular flexibility index (Phi) is 6.03. The Labute approximate surface area is 163 Å². The predicted octanol–water partition coefficient (Wildman–Crippen LogP) is 0.749. The predicted molar refractivity (Wildman–Crippen MR) is 98.5 cm³/mol. The van der Waals surface area contributed by atoms with Crippen LogP contribution in [0.3, 0.4) is 0 Å². The molecule has 152 valence electrons. The van der Waals surface area contributed by atoms with Crippen molar-refractivity contribution in [3.63, 3.8) is 0 Å². The van der Waals surface area contributed by atoms with E-state index in [1.54, 1.807) is 18.2 Å². The van der Waals surface area contributed by atoms with Gasteiger partial charge in [-0.05, 0) is 23.6 Å². The first-order valence-electron chi connectivity index (χ1n) is 9.33. The SMILES string of the molecule is CCC(C)C(CO)NC(=O)CC1NC(=O)N(Cc2ccc3c(c2)OCO3)C1=O. The number of nitrogens with zero attached hydrogens (tertiary/aromatic N) is 1. The van der Waals surface area contributed by atoms with E-state index in [1.165, 1.54) is 0 Å². The van der Waals surface area contributed by atoms with E-state index in [0.29, 0.717) is 11.5 Å². The summed E-state index contributed by atoms with van der Waals surface area (Å²) in [6.07, 6.45) is 0.628. The Morgan fingerprint density at radius 2 is 2.11 bits per heavy atom. The maximum atomic E-state index is 12.6. The molecular weight excluding hydrogens is 366 g/mol. The molecule has 2 aliphatic rings. The summed E-state index contributed by atoms with van der Waals surface area (Å²) >= 11 is 0. The van der Waals surface area contributed by atoms with E-state index in [4.69, 9.17) is 9.47 Å². The molecule has 28 heavy (non-hydrogen) atoms. The van der Waals surface area contributed by atoms with E-state index in [9.17, 15) is 19.5 Å². The largest absolute Gasteiger partial charge is 0.454 e. The molecule has 1 fully saturated rings. The molecule has 1 aromatic rings. The van der Waals surface area contributed by atoms with Gasteiger partial charge in [0.1, 0.15) is 6.04 Å². The molecule has 3 rings (SSSR count). The van der Waals surface area contributed by atoms with Gasteiger partial charge in [0.2, 0.25) is 12.7 Å². The second-order valence-electron chi connectivity index (χ2n) is 7.06. The molecule has 1 aromatic carbocycles. The normalized spacial score (nSPS) is 20.1. The van der Waals surface area contributed by atoms with Crippen LogP contribution >= 0.6 is 0 Å². The van der Waals surface area contributed by atoms with Gasteiger partial charge in [-0.25, -0.2) is 4.79 Å². The number of nitrogens with one attached hydrogen (secondary N) is 2. The van der Waals surface area contributed by atoms with E-state index >= 15 is 0 Å². The van der Waals surface area contributed by atoms with Crippen LogP contribution in [0.25, 0.3) is 0 Å². The summed E-state index contributed by atoms with van der Waals surface area (Å²) in [5, 5.41) is 14.7. The zero-order valence-electron chi connectivity index (χ0n) is 15.9.